The number of fused-ring (bicyclic) bond motifs is 1. The Labute approximate surface area is 202 Å². The molecule has 0 radical (unpaired) electrons. The molecule has 1 aromatic heterocycles. The van der Waals surface area contributed by atoms with Crippen molar-refractivity contribution in [3.05, 3.63) is 69.1 Å². The Morgan fingerprint density at radius 3 is 2.63 bits per heavy atom. The first-order chi connectivity index (χ1) is 16.7. The maximum absolute atomic E-state index is 13.1. The number of benzene rings is 2. The third-order valence-corrected chi connectivity index (χ3v) is 7.99. The summed E-state index contributed by atoms with van der Waals surface area (Å²) in [5.41, 5.74) is 6.27. The van der Waals surface area contributed by atoms with Crippen LogP contribution in [0, 0.1) is 16.0 Å². The summed E-state index contributed by atoms with van der Waals surface area (Å²) in [4.78, 5) is 27.5. The van der Waals surface area contributed by atoms with E-state index in [1.165, 1.54) is 31.5 Å². The quantitative estimate of drug-likeness (QED) is 0.351. The van der Waals surface area contributed by atoms with Crippen LogP contribution in [0.1, 0.15) is 31.7 Å². The zero-order valence-corrected chi connectivity index (χ0v) is 20.0. The number of ether oxygens (including phenoxy) is 1. The first kappa shape index (κ1) is 24.8. The van der Waals surface area contributed by atoms with E-state index in [9.17, 15) is 23.3 Å². The Balaban J connectivity index is 1.77. The van der Waals surface area contributed by atoms with E-state index in [1.54, 1.807) is 22.8 Å². The third-order valence-electron chi connectivity index (χ3n) is 6.52. The molecule has 1 saturated carbocycles. The van der Waals surface area contributed by atoms with E-state index < -0.39 is 31.6 Å². The molecule has 1 fully saturated rings. The van der Waals surface area contributed by atoms with Crippen LogP contribution in [-0.2, 0) is 10.0 Å². The number of nitrogens with one attached hydrogen (secondary N) is 1. The molecule has 1 heterocycles. The summed E-state index contributed by atoms with van der Waals surface area (Å²) in [6, 6.07) is 9.81. The van der Waals surface area contributed by atoms with Gasteiger partial charge in [0.15, 0.2) is 4.90 Å². The minimum absolute atomic E-state index is 0.0437. The minimum Gasteiger partial charge on any atom is -0.497 e. The van der Waals surface area contributed by atoms with Crippen molar-refractivity contribution in [2.75, 3.05) is 13.7 Å². The average molecular weight is 502 g/mol. The summed E-state index contributed by atoms with van der Waals surface area (Å²) in [6.07, 6.45) is 4.13. The van der Waals surface area contributed by atoms with Gasteiger partial charge in [-0.15, -0.1) is 0 Å². The molecule has 0 saturated heterocycles. The molecule has 186 valence electrons. The standard InChI is InChI=1S/C23H27N5O6S/c1-34-17-10-11-18-20(12-17)27(23(29)14-25-18)21(15-6-8-16(24)9-7-15)13-26-35(32,33)22-5-3-2-4-19(22)28(30)31/h2-5,10-12,14-16,21,26H,6-9,13,24H2,1H3. The van der Waals surface area contributed by atoms with Gasteiger partial charge in [0.25, 0.3) is 11.2 Å². The second kappa shape index (κ2) is 10.1. The van der Waals surface area contributed by atoms with Crippen molar-refractivity contribution in [2.45, 2.75) is 42.7 Å². The number of aromatic nitrogens is 2. The van der Waals surface area contributed by atoms with Gasteiger partial charge in [0.05, 0.1) is 35.3 Å². The lowest BCUT2D eigenvalue weighted by Crippen LogP contribution is -2.41. The summed E-state index contributed by atoms with van der Waals surface area (Å²) in [5, 5.41) is 11.4. The van der Waals surface area contributed by atoms with Crippen molar-refractivity contribution in [3.8, 4) is 5.75 Å². The van der Waals surface area contributed by atoms with E-state index in [2.05, 4.69) is 9.71 Å². The fourth-order valence-corrected chi connectivity index (χ4v) is 5.91. The molecule has 0 amide bonds. The van der Waals surface area contributed by atoms with Crippen molar-refractivity contribution in [2.24, 2.45) is 11.7 Å². The summed E-state index contributed by atoms with van der Waals surface area (Å²) in [7, 11) is -2.72. The normalized spacial score (nSPS) is 19.4. The Morgan fingerprint density at radius 1 is 1.23 bits per heavy atom. The van der Waals surface area contributed by atoms with Crippen molar-refractivity contribution < 1.29 is 18.1 Å². The zero-order valence-electron chi connectivity index (χ0n) is 19.2. The zero-order chi connectivity index (χ0) is 25.2. The largest absolute Gasteiger partial charge is 0.497 e. The van der Waals surface area contributed by atoms with Gasteiger partial charge < -0.3 is 15.0 Å². The number of rotatable bonds is 8. The average Bonchev–Trinajstić information content (AvgIpc) is 2.85. The molecule has 12 heteroatoms. The first-order valence-electron chi connectivity index (χ1n) is 11.2. The lowest BCUT2D eigenvalue weighted by molar-refractivity contribution is -0.387. The van der Waals surface area contributed by atoms with E-state index in [1.807, 2.05) is 0 Å². The molecule has 11 nitrogen and oxygen atoms in total. The smallest absolute Gasteiger partial charge is 0.289 e. The molecule has 1 unspecified atom stereocenters. The van der Waals surface area contributed by atoms with Crippen LogP contribution in [0.5, 0.6) is 5.75 Å². The third kappa shape index (κ3) is 5.19. The molecule has 2 aromatic carbocycles. The van der Waals surface area contributed by atoms with Crippen LogP contribution in [-0.4, -0.2) is 42.6 Å². The highest BCUT2D eigenvalue weighted by Crippen LogP contribution is 2.34. The number of hydrogen-bond donors (Lipinski definition) is 2. The monoisotopic (exact) mass is 501 g/mol. The number of sulfonamides is 1. The van der Waals surface area contributed by atoms with Crippen LogP contribution in [0.3, 0.4) is 0 Å². The van der Waals surface area contributed by atoms with Gasteiger partial charge in [0.2, 0.25) is 10.0 Å². The highest BCUT2D eigenvalue weighted by Gasteiger charge is 2.32. The number of hydrogen-bond acceptors (Lipinski definition) is 8. The van der Waals surface area contributed by atoms with Crippen molar-refractivity contribution in [3.63, 3.8) is 0 Å². The fraction of sp³-hybridized carbons (Fsp3) is 0.391. The summed E-state index contributed by atoms with van der Waals surface area (Å²) in [6.45, 7) is -0.134. The van der Waals surface area contributed by atoms with Gasteiger partial charge in [-0.2, -0.15) is 0 Å². The van der Waals surface area contributed by atoms with E-state index >= 15 is 0 Å². The summed E-state index contributed by atoms with van der Waals surface area (Å²) in [5.74, 6) is 0.487. The van der Waals surface area contributed by atoms with Crippen LogP contribution in [0.25, 0.3) is 11.0 Å². The van der Waals surface area contributed by atoms with Crippen molar-refractivity contribution >= 4 is 26.7 Å². The Hall–Kier alpha value is -3.35. The second-order valence-corrected chi connectivity index (χ2v) is 10.4. The molecule has 0 aliphatic heterocycles. The van der Waals surface area contributed by atoms with Gasteiger partial charge in [0, 0.05) is 24.7 Å². The summed E-state index contributed by atoms with van der Waals surface area (Å²) >= 11 is 0. The predicted molar refractivity (Wildman–Crippen MR) is 130 cm³/mol. The molecule has 1 atom stereocenters. The van der Waals surface area contributed by atoms with Gasteiger partial charge in [-0.3, -0.25) is 14.9 Å². The summed E-state index contributed by atoms with van der Waals surface area (Å²) < 4.78 is 35.6. The van der Waals surface area contributed by atoms with Crippen molar-refractivity contribution in [1.82, 2.24) is 14.3 Å². The van der Waals surface area contributed by atoms with Gasteiger partial charge >= 0.3 is 0 Å². The molecule has 3 N–H and O–H groups in total. The SMILES string of the molecule is COc1ccc2ncc(=O)n(C(CNS(=O)(=O)c3ccccc3[N+](=O)[O-])C3CCC(N)CC3)c2c1. The maximum Gasteiger partial charge on any atom is 0.289 e. The molecule has 4 rings (SSSR count). The fourth-order valence-electron chi connectivity index (χ4n) is 4.69. The lowest BCUT2D eigenvalue weighted by Gasteiger charge is -2.34. The number of nitro groups is 1. The van der Waals surface area contributed by atoms with Gasteiger partial charge in [-0.05, 0) is 49.8 Å². The number of para-hydroxylation sites is 1. The van der Waals surface area contributed by atoms with Crippen LogP contribution in [0.4, 0.5) is 5.69 Å². The molecule has 35 heavy (non-hydrogen) atoms. The van der Waals surface area contributed by atoms with E-state index in [0.29, 0.717) is 29.6 Å². The lowest BCUT2D eigenvalue weighted by atomic mass is 9.81. The Bertz CT molecular complexity index is 1400. The van der Waals surface area contributed by atoms with Gasteiger partial charge in [0.1, 0.15) is 5.75 Å². The van der Waals surface area contributed by atoms with E-state index in [0.717, 1.165) is 18.9 Å². The highest BCUT2D eigenvalue weighted by atomic mass is 32.2. The second-order valence-electron chi connectivity index (χ2n) is 8.64. The Kier molecular flexibility index (Phi) is 7.15. The molecule has 0 spiro atoms. The van der Waals surface area contributed by atoms with Crippen LogP contribution < -0.4 is 20.8 Å². The molecule has 1 aliphatic rings. The van der Waals surface area contributed by atoms with Crippen LogP contribution in [0.15, 0.2) is 58.4 Å². The van der Waals surface area contributed by atoms with Crippen molar-refractivity contribution in [1.29, 1.82) is 0 Å². The first-order valence-corrected chi connectivity index (χ1v) is 12.7. The minimum atomic E-state index is -4.24. The van der Waals surface area contributed by atoms with Crippen LogP contribution in [0.2, 0.25) is 0 Å². The number of methoxy groups -OCH3 is 1. The topological polar surface area (TPSA) is 159 Å². The molecule has 3 aromatic rings. The Morgan fingerprint density at radius 2 is 1.94 bits per heavy atom. The van der Waals surface area contributed by atoms with Gasteiger partial charge in [-0.25, -0.2) is 18.1 Å². The predicted octanol–water partition coefficient (Wildman–Crippen LogP) is 2.35. The molecule has 0 bridgehead atoms. The van der Waals surface area contributed by atoms with E-state index in [4.69, 9.17) is 10.5 Å². The maximum atomic E-state index is 13.1. The highest BCUT2D eigenvalue weighted by molar-refractivity contribution is 7.89. The van der Waals surface area contributed by atoms with Crippen LogP contribution >= 0.6 is 0 Å². The molecule has 1 aliphatic carbocycles. The van der Waals surface area contributed by atoms with Gasteiger partial charge in [-0.1, -0.05) is 12.1 Å². The molecular weight excluding hydrogens is 474 g/mol. The van der Waals surface area contributed by atoms with E-state index in [-0.39, 0.29) is 24.1 Å². The number of nitro benzene ring substituents is 1. The number of nitrogens with zero attached hydrogens (tertiary/aromatic N) is 3. The molecular formula is C23H27N5O6S. The number of nitrogens with two attached hydrogens (primary N) is 1.